The van der Waals surface area contributed by atoms with Gasteiger partial charge in [0.05, 0.1) is 6.54 Å². The molecule has 1 aliphatic carbocycles. The summed E-state index contributed by atoms with van der Waals surface area (Å²) >= 11 is 0. The first-order chi connectivity index (χ1) is 11.1. The van der Waals surface area contributed by atoms with E-state index >= 15 is 0 Å². The van der Waals surface area contributed by atoms with Crippen molar-refractivity contribution >= 4 is 11.8 Å². The number of carbonyl (C=O) groups is 2. The van der Waals surface area contributed by atoms with Crippen LogP contribution in [-0.4, -0.2) is 48.4 Å². The largest absolute Gasteiger partial charge is 0.347 e. The van der Waals surface area contributed by atoms with E-state index in [1.165, 1.54) is 44.9 Å². The van der Waals surface area contributed by atoms with Crippen LogP contribution in [0.4, 0.5) is 0 Å². The maximum absolute atomic E-state index is 12.4. The lowest BCUT2D eigenvalue weighted by Gasteiger charge is -2.35. The SMILES string of the molecule is CN(C(=O)CNC(=O)CC1CCCCC1)C1CC2CCC(C1)N2. The standard InChI is InChI=1S/C18H31N3O2/c1-21(16-10-14-7-8-15(11-16)20-14)18(23)12-19-17(22)9-13-5-3-2-4-6-13/h13-16,20H,2-12H2,1H3,(H,19,22). The predicted molar refractivity (Wildman–Crippen MR) is 89.9 cm³/mol. The summed E-state index contributed by atoms with van der Waals surface area (Å²) in [5.41, 5.74) is 0. The molecule has 3 rings (SSSR count). The highest BCUT2D eigenvalue weighted by Crippen LogP contribution is 2.29. The van der Waals surface area contributed by atoms with Gasteiger partial charge in [-0.3, -0.25) is 9.59 Å². The van der Waals surface area contributed by atoms with Crippen molar-refractivity contribution < 1.29 is 9.59 Å². The molecule has 0 aromatic rings. The molecule has 2 aliphatic heterocycles. The van der Waals surface area contributed by atoms with Gasteiger partial charge in [-0.05, 0) is 44.4 Å². The molecule has 0 aromatic heterocycles. The number of fused-ring (bicyclic) bond motifs is 2. The van der Waals surface area contributed by atoms with Gasteiger partial charge in [0.1, 0.15) is 0 Å². The van der Waals surface area contributed by atoms with E-state index in [0.29, 0.717) is 30.5 Å². The fourth-order valence-corrected chi connectivity index (χ4v) is 4.57. The second-order valence-corrected chi connectivity index (χ2v) is 7.75. The predicted octanol–water partition coefficient (Wildman–Crippen LogP) is 1.81. The Balaban J connectivity index is 1.39. The monoisotopic (exact) mass is 321 g/mol. The lowest BCUT2D eigenvalue weighted by Crippen LogP contribution is -2.50. The Labute approximate surface area is 139 Å². The first kappa shape index (κ1) is 16.7. The summed E-state index contributed by atoms with van der Waals surface area (Å²) < 4.78 is 0. The number of nitrogens with one attached hydrogen (secondary N) is 2. The van der Waals surface area contributed by atoms with Crippen LogP contribution < -0.4 is 10.6 Å². The summed E-state index contributed by atoms with van der Waals surface area (Å²) in [5, 5.41) is 6.44. The molecule has 2 N–H and O–H groups in total. The van der Waals surface area contributed by atoms with Crippen molar-refractivity contribution in [2.24, 2.45) is 5.92 Å². The van der Waals surface area contributed by atoms with Gasteiger partial charge in [0.2, 0.25) is 11.8 Å². The van der Waals surface area contributed by atoms with E-state index in [1.807, 2.05) is 11.9 Å². The number of amides is 2. The normalized spacial score (nSPS) is 30.9. The summed E-state index contributed by atoms with van der Waals surface area (Å²) in [6.45, 7) is 0.154. The Morgan fingerprint density at radius 2 is 1.70 bits per heavy atom. The third-order valence-corrected chi connectivity index (χ3v) is 6.02. The van der Waals surface area contributed by atoms with E-state index in [0.717, 1.165) is 12.8 Å². The third kappa shape index (κ3) is 4.46. The minimum absolute atomic E-state index is 0.0454. The quantitative estimate of drug-likeness (QED) is 0.812. The van der Waals surface area contributed by atoms with Crippen molar-refractivity contribution in [2.75, 3.05) is 13.6 Å². The lowest BCUT2D eigenvalue weighted by molar-refractivity contribution is -0.134. The molecule has 0 spiro atoms. The lowest BCUT2D eigenvalue weighted by atomic mass is 9.87. The zero-order valence-corrected chi connectivity index (χ0v) is 14.4. The van der Waals surface area contributed by atoms with Crippen LogP contribution in [0.25, 0.3) is 0 Å². The molecule has 3 aliphatic rings. The van der Waals surface area contributed by atoms with Crippen molar-refractivity contribution in [1.82, 2.24) is 15.5 Å². The molecule has 23 heavy (non-hydrogen) atoms. The van der Waals surface area contributed by atoms with Gasteiger partial charge in [-0.2, -0.15) is 0 Å². The third-order valence-electron chi connectivity index (χ3n) is 6.02. The molecule has 3 fully saturated rings. The van der Waals surface area contributed by atoms with Crippen molar-refractivity contribution in [2.45, 2.75) is 82.3 Å². The van der Waals surface area contributed by atoms with Crippen molar-refractivity contribution in [3.63, 3.8) is 0 Å². The first-order valence-electron chi connectivity index (χ1n) is 9.40. The molecule has 1 saturated carbocycles. The van der Waals surface area contributed by atoms with Crippen molar-refractivity contribution in [3.05, 3.63) is 0 Å². The second kappa shape index (κ2) is 7.65. The minimum Gasteiger partial charge on any atom is -0.347 e. The van der Waals surface area contributed by atoms with Crippen molar-refractivity contribution in [1.29, 1.82) is 0 Å². The van der Waals surface area contributed by atoms with E-state index in [4.69, 9.17) is 0 Å². The maximum Gasteiger partial charge on any atom is 0.241 e. The average Bonchev–Trinajstić information content (AvgIpc) is 2.91. The number of likely N-dealkylation sites (N-methyl/N-ethyl adjacent to an activating group) is 1. The molecular weight excluding hydrogens is 290 g/mol. The van der Waals surface area contributed by atoms with E-state index in [-0.39, 0.29) is 18.4 Å². The maximum atomic E-state index is 12.4. The second-order valence-electron chi connectivity index (χ2n) is 7.75. The van der Waals surface area contributed by atoms with Gasteiger partial charge < -0.3 is 15.5 Å². The molecule has 5 nitrogen and oxygen atoms in total. The molecule has 0 aromatic carbocycles. The molecule has 2 bridgehead atoms. The van der Waals surface area contributed by atoms with Crippen LogP contribution in [0.5, 0.6) is 0 Å². The zero-order valence-electron chi connectivity index (χ0n) is 14.4. The van der Waals surface area contributed by atoms with Crippen LogP contribution in [0.1, 0.15) is 64.2 Å². The highest BCUT2D eigenvalue weighted by atomic mass is 16.2. The fraction of sp³-hybridized carbons (Fsp3) is 0.889. The molecule has 130 valence electrons. The molecule has 2 saturated heterocycles. The summed E-state index contributed by atoms with van der Waals surface area (Å²) in [4.78, 5) is 26.3. The molecule has 2 heterocycles. The number of hydrogen-bond acceptors (Lipinski definition) is 3. The van der Waals surface area contributed by atoms with Crippen LogP contribution in [0.3, 0.4) is 0 Å². The molecular formula is C18H31N3O2. The summed E-state index contributed by atoms with van der Waals surface area (Å²) in [7, 11) is 1.89. The highest BCUT2D eigenvalue weighted by Gasteiger charge is 2.36. The first-order valence-corrected chi connectivity index (χ1v) is 9.40. The Hall–Kier alpha value is -1.10. The average molecular weight is 321 g/mol. The van der Waals surface area contributed by atoms with E-state index in [2.05, 4.69) is 10.6 Å². The van der Waals surface area contributed by atoms with Gasteiger partial charge in [0.15, 0.2) is 0 Å². The van der Waals surface area contributed by atoms with Gasteiger partial charge in [0.25, 0.3) is 0 Å². The fourth-order valence-electron chi connectivity index (χ4n) is 4.57. The number of rotatable bonds is 5. The molecule has 2 unspecified atom stereocenters. The van der Waals surface area contributed by atoms with Crippen LogP contribution in [-0.2, 0) is 9.59 Å². The summed E-state index contributed by atoms with van der Waals surface area (Å²) in [6, 6.07) is 1.49. The molecule has 0 radical (unpaired) electrons. The van der Waals surface area contributed by atoms with Crippen molar-refractivity contribution in [3.8, 4) is 0 Å². The Morgan fingerprint density at radius 1 is 1.04 bits per heavy atom. The van der Waals surface area contributed by atoms with Gasteiger partial charge in [-0.25, -0.2) is 0 Å². The summed E-state index contributed by atoms with van der Waals surface area (Å²) in [5.74, 6) is 0.619. The number of piperidine rings is 1. The minimum atomic E-state index is 0.0454. The van der Waals surface area contributed by atoms with E-state index in [9.17, 15) is 9.59 Å². The Kier molecular flexibility index (Phi) is 5.57. The van der Waals surface area contributed by atoms with Crippen LogP contribution in [0.2, 0.25) is 0 Å². The Morgan fingerprint density at radius 3 is 2.35 bits per heavy atom. The van der Waals surface area contributed by atoms with Gasteiger partial charge in [0, 0.05) is 31.6 Å². The highest BCUT2D eigenvalue weighted by molar-refractivity contribution is 5.84. The Bertz CT molecular complexity index is 422. The van der Waals surface area contributed by atoms with Gasteiger partial charge in [-0.15, -0.1) is 0 Å². The van der Waals surface area contributed by atoms with Crippen LogP contribution >= 0.6 is 0 Å². The van der Waals surface area contributed by atoms with E-state index in [1.54, 1.807) is 0 Å². The number of carbonyl (C=O) groups excluding carboxylic acids is 2. The summed E-state index contributed by atoms with van der Waals surface area (Å²) in [6.07, 6.45) is 11.3. The number of nitrogens with zero attached hydrogens (tertiary/aromatic N) is 1. The molecule has 2 atom stereocenters. The van der Waals surface area contributed by atoms with Crippen LogP contribution in [0, 0.1) is 5.92 Å². The topological polar surface area (TPSA) is 61.4 Å². The zero-order chi connectivity index (χ0) is 16.2. The van der Waals surface area contributed by atoms with Gasteiger partial charge >= 0.3 is 0 Å². The number of hydrogen-bond donors (Lipinski definition) is 2. The molecule has 5 heteroatoms. The molecule has 2 amide bonds. The smallest absolute Gasteiger partial charge is 0.241 e. The van der Waals surface area contributed by atoms with E-state index < -0.39 is 0 Å². The van der Waals surface area contributed by atoms with Gasteiger partial charge in [-0.1, -0.05) is 19.3 Å². The van der Waals surface area contributed by atoms with Crippen LogP contribution in [0.15, 0.2) is 0 Å².